The third kappa shape index (κ3) is 2.78. The fourth-order valence-electron chi connectivity index (χ4n) is 2.27. The van der Waals surface area contributed by atoms with E-state index >= 15 is 0 Å². The third-order valence-electron chi connectivity index (χ3n) is 3.36. The highest BCUT2D eigenvalue weighted by Crippen LogP contribution is 2.27. The Labute approximate surface area is 103 Å². The standard InChI is InChI=1S/C14H19N3/c1-14(16,11-15)8-10-17-9-4-6-12-5-2-3-7-13(12)17/h2-3,5,7H,4,6,8-10,16H2,1H3. The van der Waals surface area contributed by atoms with E-state index in [-0.39, 0.29) is 0 Å². The molecule has 1 heterocycles. The Morgan fingerprint density at radius 2 is 2.24 bits per heavy atom. The fraction of sp³-hybridized carbons (Fsp3) is 0.500. The summed E-state index contributed by atoms with van der Waals surface area (Å²) < 4.78 is 0. The molecule has 0 spiro atoms. The summed E-state index contributed by atoms with van der Waals surface area (Å²) in [6.45, 7) is 3.72. The number of para-hydroxylation sites is 1. The smallest absolute Gasteiger partial charge is 0.103 e. The van der Waals surface area contributed by atoms with Crippen molar-refractivity contribution in [3.05, 3.63) is 29.8 Å². The molecule has 1 atom stereocenters. The summed E-state index contributed by atoms with van der Waals surface area (Å²) in [6, 6.07) is 10.7. The molecule has 0 radical (unpaired) electrons. The van der Waals surface area contributed by atoms with Crippen molar-refractivity contribution in [2.45, 2.75) is 31.7 Å². The van der Waals surface area contributed by atoms with Crippen molar-refractivity contribution in [2.75, 3.05) is 18.0 Å². The molecule has 1 unspecified atom stereocenters. The van der Waals surface area contributed by atoms with Crippen LogP contribution in [0.25, 0.3) is 0 Å². The zero-order valence-electron chi connectivity index (χ0n) is 10.3. The maximum absolute atomic E-state index is 8.93. The normalized spacial score (nSPS) is 18.1. The topological polar surface area (TPSA) is 53.1 Å². The summed E-state index contributed by atoms with van der Waals surface area (Å²) in [7, 11) is 0. The monoisotopic (exact) mass is 229 g/mol. The van der Waals surface area contributed by atoms with E-state index in [0.29, 0.717) is 6.42 Å². The minimum atomic E-state index is -0.716. The zero-order valence-corrected chi connectivity index (χ0v) is 10.3. The molecule has 0 saturated carbocycles. The van der Waals surface area contributed by atoms with Crippen LogP contribution in [-0.2, 0) is 6.42 Å². The summed E-state index contributed by atoms with van der Waals surface area (Å²) in [6.07, 6.45) is 3.05. The van der Waals surface area contributed by atoms with E-state index in [4.69, 9.17) is 11.0 Å². The lowest BCUT2D eigenvalue weighted by atomic mass is 9.98. The van der Waals surface area contributed by atoms with Gasteiger partial charge in [-0.1, -0.05) is 18.2 Å². The van der Waals surface area contributed by atoms with Gasteiger partial charge in [-0.05, 0) is 37.8 Å². The van der Waals surface area contributed by atoms with Crippen molar-refractivity contribution < 1.29 is 0 Å². The maximum Gasteiger partial charge on any atom is 0.103 e. The molecule has 2 N–H and O–H groups in total. The number of fused-ring (bicyclic) bond motifs is 1. The summed E-state index contributed by atoms with van der Waals surface area (Å²) in [5.41, 5.74) is 7.87. The van der Waals surface area contributed by atoms with Crippen molar-refractivity contribution in [3.63, 3.8) is 0 Å². The average Bonchev–Trinajstić information content (AvgIpc) is 2.36. The molecule has 3 heteroatoms. The van der Waals surface area contributed by atoms with E-state index in [0.717, 1.165) is 19.5 Å². The lowest BCUT2D eigenvalue weighted by Gasteiger charge is -2.32. The molecule has 0 aliphatic carbocycles. The molecule has 1 aromatic rings. The van der Waals surface area contributed by atoms with Gasteiger partial charge in [-0.3, -0.25) is 0 Å². The van der Waals surface area contributed by atoms with E-state index in [1.165, 1.54) is 17.7 Å². The molecule has 90 valence electrons. The second kappa shape index (κ2) is 4.77. The maximum atomic E-state index is 8.93. The van der Waals surface area contributed by atoms with Crippen molar-refractivity contribution in [3.8, 4) is 6.07 Å². The van der Waals surface area contributed by atoms with Gasteiger partial charge in [0.25, 0.3) is 0 Å². The van der Waals surface area contributed by atoms with Crippen LogP contribution < -0.4 is 10.6 Å². The molecule has 0 bridgehead atoms. The molecule has 0 amide bonds. The highest BCUT2D eigenvalue weighted by atomic mass is 15.1. The number of hydrogen-bond acceptors (Lipinski definition) is 3. The van der Waals surface area contributed by atoms with Crippen LogP contribution in [0.3, 0.4) is 0 Å². The van der Waals surface area contributed by atoms with E-state index in [1.807, 2.05) is 0 Å². The Balaban J connectivity index is 2.07. The molecule has 0 aromatic heterocycles. The van der Waals surface area contributed by atoms with E-state index in [9.17, 15) is 0 Å². The second-order valence-electron chi connectivity index (χ2n) is 5.00. The second-order valence-corrected chi connectivity index (χ2v) is 5.00. The minimum Gasteiger partial charge on any atom is -0.371 e. The van der Waals surface area contributed by atoms with Crippen molar-refractivity contribution in [1.29, 1.82) is 5.26 Å². The van der Waals surface area contributed by atoms with Crippen LogP contribution in [0.1, 0.15) is 25.3 Å². The summed E-state index contributed by atoms with van der Waals surface area (Å²) in [5, 5.41) is 8.93. The van der Waals surface area contributed by atoms with E-state index < -0.39 is 5.54 Å². The van der Waals surface area contributed by atoms with Crippen LogP contribution in [0.15, 0.2) is 24.3 Å². The molecule has 0 saturated heterocycles. The van der Waals surface area contributed by atoms with Crippen LogP contribution in [0.5, 0.6) is 0 Å². The number of rotatable bonds is 3. The Bertz CT molecular complexity index is 431. The van der Waals surface area contributed by atoms with Crippen LogP contribution in [0, 0.1) is 11.3 Å². The molecule has 1 aliphatic rings. The van der Waals surface area contributed by atoms with Crippen LogP contribution in [-0.4, -0.2) is 18.6 Å². The SMILES string of the molecule is CC(N)(C#N)CCN1CCCc2ccccc21. The third-order valence-corrected chi connectivity index (χ3v) is 3.36. The fourth-order valence-corrected chi connectivity index (χ4v) is 2.27. The lowest BCUT2D eigenvalue weighted by Crippen LogP contribution is -2.40. The first-order valence-corrected chi connectivity index (χ1v) is 6.15. The number of benzene rings is 1. The summed E-state index contributed by atoms with van der Waals surface area (Å²) >= 11 is 0. The van der Waals surface area contributed by atoms with Crippen molar-refractivity contribution in [1.82, 2.24) is 0 Å². The van der Waals surface area contributed by atoms with Gasteiger partial charge in [-0.2, -0.15) is 5.26 Å². The highest BCUT2D eigenvalue weighted by molar-refractivity contribution is 5.55. The first-order valence-electron chi connectivity index (χ1n) is 6.15. The molecule has 1 aliphatic heterocycles. The number of nitrogens with two attached hydrogens (primary N) is 1. The first kappa shape index (κ1) is 11.9. The van der Waals surface area contributed by atoms with Gasteiger partial charge in [0.2, 0.25) is 0 Å². The Morgan fingerprint density at radius 3 is 3.00 bits per heavy atom. The first-order chi connectivity index (χ1) is 8.12. The number of hydrogen-bond donors (Lipinski definition) is 1. The van der Waals surface area contributed by atoms with Gasteiger partial charge in [-0.25, -0.2) is 0 Å². The molecule has 3 nitrogen and oxygen atoms in total. The average molecular weight is 229 g/mol. The van der Waals surface area contributed by atoms with Gasteiger partial charge >= 0.3 is 0 Å². The molecule has 17 heavy (non-hydrogen) atoms. The van der Waals surface area contributed by atoms with E-state index in [1.54, 1.807) is 6.92 Å². The summed E-state index contributed by atoms with van der Waals surface area (Å²) in [4.78, 5) is 2.35. The van der Waals surface area contributed by atoms with Crippen LogP contribution in [0.2, 0.25) is 0 Å². The van der Waals surface area contributed by atoms with Gasteiger partial charge in [0, 0.05) is 18.8 Å². The largest absolute Gasteiger partial charge is 0.371 e. The number of nitrogens with zero attached hydrogens (tertiary/aromatic N) is 2. The van der Waals surface area contributed by atoms with Gasteiger partial charge in [0.05, 0.1) is 6.07 Å². The Kier molecular flexibility index (Phi) is 3.35. The quantitative estimate of drug-likeness (QED) is 0.863. The van der Waals surface area contributed by atoms with Crippen molar-refractivity contribution >= 4 is 5.69 Å². The van der Waals surface area contributed by atoms with Crippen LogP contribution in [0.4, 0.5) is 5.69 Å². The number of anilines is 1. The van der Waals surface area contributed by atoms with Gasteiger partial charge in [0.1, 0.15) is 5.54 Å². The molecular weight excluding hydrogens is 210 g/mol. The predicted molar refractivity (Wildman–Crippen MR) is 69.8 cm³/mol. The number of nitriles is 1. The molecule has 2 rings (SSSR count). The predicted octanol–water partition coefficient (Wildman–Crippen LogP) is 2.07. The molecule has 0 fully saturated rings. The summed E-state index contributed by atoms with van der Waals surface area (Å²) in [5.74, 6) is 0. The van der Waals surface area contributed by atoms with Gasteiger partial charge < -0.3 is 10.6 Å². The van der Waals surface area contributed by atoms with Gasteiger partial charge in [-0.15, -0.1) is 0 Å². The number of aryl methyl sites for hydroxylation is 1. The highest BCUT2D eigenvalue weighted by Gasteiger charge is 2.21. The Morgan fingerprint density at radius 1 is 1.47 bits per heavy atom. The minimum absolute atomic E-state index is 0.706. The molecular formula is C14H19N3. The Hall–Kier alpha value is -1.53. The van der Waals surface area contributed by atoms with Gasteiger partial charge in [0.15, 0.2) is 0 Å². The van der Waals surface area contributed by atoms with E-state index in [2.05, 4.69) is 35.2 Å². The van der Waals surface area contributed by atoms with Crippen molar-refractivity contribution in [2.24, 2.45) is 5.73 Å². The molecule has 1 aromatic carbocycles. The van der Waals surface area contributed by atoms with Crippen LogP contribution >= 0.6 is 0 Å². The lowest BCUT2D eigenvalue weighted by molar-refractivity contribution is 0.530. The zero-order chi connectivity index (χ0) is 12.3.